The molecule has 0 aromatic heterocycles. The fraction of sp³-hybridized carbons (Fsp3) is 0.400. The van der Waals surface area contributed by atoms with Crippen molar-refractivity contribution in [1.29, 1.82) is 0 Å². The van der Waals surface area contributed by atoms with Crippen molar-refractivity contribution in [3.8, 4) is 0 Å². The Kier molecular flexibility index (Phi) is 3.55. The van der Waals surface area contributed by atoms with Gasteiger partial charge in [-0.25, -0.2) is 4.39 Å². The van der Waals surface area contributed by atoms with E-state index in [4.69, 9.17) is 0 Å². The van der Waals surface area contributed by atoms with Gasteiger partial charge < -0.3 is 5.32 Å². The highest BCUT2D eigenvalue weighted by Crippen LogP contribution is 2.23. The van der Waals surface area contributed by atoms with Gasteiger partial charge in [0, 0.05) is 11.7 Å². The van der Waals surface area contributed by atoms with E-state index in [9.17, 15) is 17.6 Å². The smallest absolute Gasteiger partial charge is 0.382 e. The first kappa shape index (κ1) is 11.8. The fourth-order valence-corrected chi connectivity index (χ4v) is 1.26. The molecule has 84 valence electrons. The van der Waals surface area contributed by atoms with Crippen molar-refractivity contribution in [1.82, 2.24) is 0 Å². The molecule has 0 saturated carbocycles. The Labute approximate surface area is 85.1 Å². The van der Waals surface area contributed by atoms with Crippen LogP contribution in [0.25, 0.3) is 0 Å². The van der Waals surface area contributed by atoms with Crippen LogP contribution < -0.4 is 5.32 Å². The van der Waals surface area contributed by atoms with Crippen LogP contribution in [0, 0.1) is 5.82 Å². The van der Waals surface area contributed by atoms with Crippen LogP contribution in [0.15, 0.2) is 24.3 Å². The average Bonchev–Trinajstić information content (AvgIpc) is 1.99. The highest BCUT2D eigenvalue weighted by Gasteiger charge is 2.29. The molecule has 1 aromatic carbocycles. The second-order valence-corrected chi connectivity index (χ2v) is 3.38. The van der Waals surface area contributed by atoms with E-state index in [1.807, 2.05) is 0 Å². The Bertz CT molecular complexity index is 321. The molecule has 0 bridgehead atoms. The van der Waals surface area contributed by atoms with Crippen molar-refractivity contribution >= 4 is 5.69 Å². The lowest BCUT2D eigenvalue weighted by atomic mass is 10.2. The fourth-order valence-electron chi connectivity index (χ4n) is 1.26. The highest BCUT2D eigenvalue weighted by atomic mass is 19.4. The standard InChI is InChI=1S/C10H11F4N/c1-7(6-10(12,13)14)15-9-4-2-3-8(11)5-9/h2-5,7,15H,6H2,1H3. The zero-order valence-electron chi connectivity index (χ0n) is 8.11. The van der Waals surface area contributed by atoms with Crippen LogP contribution >= 0.6 is 0 Å². The SMILES string of the molecule is CC(CC(F)(F)F)Nc1cccc(F)c1. The van der Waals surface area contributed by atoms with Crippen molar-refractivity contribution in [2.45, 2.75) is 25.6 Å². The molecule has 0 aliphatic rings. The molecule has 0 amide bonds. The molecule has 0 saturated heterocycles. The number of alkyl halides is 3. The number of halogens is 4. The Morgan fingerprint density at radius 2 is 2.00 bits per heavy atom. The van der Waals surface area contributed by atoms with E-state index < -0.39 is 24.5 Å². The van der Waals surface area contributed by atoms with Crippen LogP contribution in [0.5, 0.6) is 0 Å². The highest BCUT2D eigenvalue weighted by molar-refractivity contribution is 5.43. The van der Waals surface area contributed by atoms with Gasteiger partial charge in [-0.1, -0.05) is 6.07 Å². The van der Waals surface area contributed by atoms with E-state index in [0.29, 0.717) is 5.69 Å². The van der Waals surface area contributed by atoms with Crippen LogP contribution in [-0.2, 0) is 0 Å². The van der Waals surface area contributed by atoms with Crippen molar-refractivity contribution in [3.05, 3.63) is 30.1 Å². The molecular weight excluding hydrogens is 210 g/mol. The lowest BCUT2D eigenvalue weighted by Gasteiger charge is -2.16. The molecule has 1 unspecified atom stereocenters. The second-order valence-electron chi connectivity index (χ2n) is 3.38. The normalized spacial score (nSPS) is 13.7. The minimum absolute atomic E-state index is 0.353. The van der Waals surface area contributed by atoms with Gasteiger partial charge in [-0.05, 0) is 25.1 Å². The lowest BCUT2D eigenvalue weighted by molar-refractivity contribution is -0.136. The summed E-state index contributed by atoms with van der Waals surface area (Å²) in [6.07, 6.45) is -5.15. The van der Waals surface area contributed by atoms with Gasteiger partial charge in [-0.15, -0.1) is 0 Å². The first-order valence-corrected chi connectivity index (χ1v) is 4.46. The second kappa shape index (κ2) is 4.51. The van der Waals surface area contributed by atoms with Crippen LogP contribution in [0.4, 0.5) is 23.2 Å². The monoisotopic (exact) mass is 221 g/mol. The van der Waals surface area contributed by atoms with E-state index in [1.165, 1.54) is 25.1 Å². The van der Waals surface area contributed by atoms with E-state index in [-0.39, 0.29) is 0 Å². The summed E-state index contributed by atoms with van der Waals surface area (Å²) in [6.45, 7) is 1.40. The summed E-state index contributed by atoms with van der Waals surface area (Å²) in [6, 6.07) is 4.59. The van der Waals surface area contributed by atoms with Crippen molar-refractivity contribution < 1.29 is 17.6 Å². The van der Waals surface area contributed by atoms with E-state index in [2.05, 4.69) is 5.32 Å². The number of hydrogen-bond donors (Lipinski definition) is 1. The van der Waals surface area contributed by atoms with E-state index >= 15 is 0 Å². The zero-order valence-corrected chi connectivity index (χ0v) is 8.11. The molecule has 1 N–H and O–H groups in total. The maximum atomic E-state index is 12.7. The van der Waals surface area contributed by atoms with Gasteiger partial charge in [0.15, 0.2) is 0 Å². The number of benzene rings is 1. The summed E-state index contributed by atoms with van der Waals surface area (Å²) in [7, 11) is 0. The minimum atomic E-state index is -4.21. The minimum Gasteiger partial charge on any atom is -0.382 e. The Morgan fingerprint density at radius 3 is 2.53 bits per heavy atom. The molecule has 15 heavy (non-hydrogen) atoms. The molecule has 1 atom stereocenters. The van der Waals surface area contributed by atoms with Gasteiger partial charge in [0.2, 0.25) is 0 Å². The van der Waals surface area contributed by atoms with Gasteiger partial charge >= 0.3 is 6.18 Å². The van der Waals surface area contributed by atoms with Crippen LogP contribution in [0.2, 0.25) is 0 Å². The number of rotatable bonds is 3. The van der Waals surface area contributed by atoms with Gasteiger partial charge in [0.1, 0.15) is 5.82 Å². The lowest BCUT2D eigenvalue weighted by Crippen LogP contribution is -2.23. The number of nitrogens with one attached hydrogen (secondary N) is 1. The first-order valence-electron chi connectivity index (χ1n) is 4.46. The predicted molar refractivity (Wildman–Crippen MR) is 50.2 cm³/mol. The topological polar surface area (TPSA) is 12.0 Å². The molecule has 0 heterocycles. The molecule has 1 aromatic rings. The third-order valence-corrected chi connectivity index (χ3v) is 1.78. The predicted octanol–water partition coefficient (Wildman–Crippen LogP) is 3.58. The van der Waals surface area contributed by atoms with Crippen molar-refractivity contribution in [3.63, 3.8) is 0 Å². The average molecular weight is 221 g/mol. The molecule has 1 rings (SSSR count). The molecule has 0 spiro atoms. The van der Waals surface area contributed by atoms with Gasteiger partial charge in [0.25, 0.3) is 0 Å². The Hall–Kier alpha value is -1.26. The van der Waals surface area contributed by atoms with Crippen LogP contribution in [0.1, 0.15) is 13.3 Å². The van der Waals surface area contributed by atoms with Crippen molar-refractivity contribution in [2.75, 3.05) is 5.32 Å². The third kappa shape index (κ3) is 4.67. The van der Waals surface area contributed by atoms with Crippen LogP contribution in [0.3, 0.4) is 0 Å². The molecule has 5 heteroatoms. The summed E-state index contributed by atoms with van der Waals surface area (Å²) in [5.74, 6) is -0.473. The quantitative estimate of drug-likeness (QED) is 0.769. The van der Waals surface area contributed by atoms with E-state index in [0.717, 1.165) is 6.07 Å². The Morgan fingerprint density at radius 1 is 1.33 bits per heavy atom. The van der Waals surface area contributed by atoms with Gasteiger partial charge in [-0.3, -0.25) is 0 Å². The summed E-state index contributed by atoms with van der Waals surface area (Å²) in [5, 5.41) is 2.58. The summed E-state index contributed by atoms with van der Waals surface area (Å²) in [4.78, 5) is 0. The maximum Gasteiger partial charge on any atom is 0.391 e. The summed E-state index contributed by atoms with van der Waals surface area (Å²) in [5.41, 5.74) is 0.353. The van der Waals surface area contributed by atoms with Gasteiger partial charge in [0.05, 0.1) is 6.42 Å². The van der Waals surface area contributed by atoms with Crippen LogP contribution in [-0.4, -0.2) is 12.2 Å². The third-order valence-electron chi connectivity index (χ3n) is 1.78. The van der Waals surface area contributed by atoms with Gasteiger partial charge in [-0.2, -0.15) is 13.2 Å². The van der Waals surface area contributed by atoms with E-state index in [1.54, 1.807) is 0 Å². The maximum absolute atomic E-state index is 12.7. The largest absolute Gasteiger partial charge is 0.391 e. The zero-order chi connectivity index (χ0) is 11.5. The number of anilines is 1. The first-order chi connectivity index (χ1) is 6.87. The molecule has 0 fully saturated rings. The molecule has 0 aliphatic heterocycles. The molecule has 0 radical (unpaired) electrons. The molecular formula is C10H11F4N. The number of hydrogen-bond acceptors (Lipinski definition) is 1. The van der Waals surface area contributed by atoms with Crippen molar-refractivity contribution in [2.24, 2.45) is 0 Å². The molecule has 0 aliphatic carbocycles. The molecule has 1 nitrogen and oxygen atoms in total. The summed E-state index contributed by atoms with van der Waals surface area (Å²) < 4.78 is 48.6. The Balaban J connectivity index is 2.55. The summed E-state index contributed by atoms with van der Waals surface area (Å²) >= 11 is 0.